The summed E-state index contributed by atoms with van der Waals surface area (Å²) in [6.07, 6.45) is 3.89. The van der Waals surface area contributed by atoms with E-state index < -0.39 is 0 Å². The molecule has 0 aliphatic rings. The van der Waals surface area contributed by atoms with E-state index in [1.54, 1.807) is 6.08 Å². The Labute approximate surface area is 61.9 Å². The molecule has 0 saturated heterocycles. The maximum atomic E-state index is 5.01. The second-order valence-electron chi connectivity index (χ2n) is 1.02. The molecule has 0 aromatic heterocycles. The fourth-order valence-corrected chi connectivity index (χ4v) is 0.167. The van der Waals surface area contributed by atoms with Crippen LogP contribution >= 0.6 is 0 Å². The molecule has 0 heterocycles. The first-order valence-corrected chi connectivity index (χ1v) is 1.95. The predicted molar refractivity (Wildman–Crippen MR) is 23.8 cm³/mol. The van der Waals surface area contributed by atoms with Crippen LogP contribution in [-0.2, 0) is 0 Å². The second-order valence-corrected chi connectivity index (χ2v) is 1.02. The molecule has 0 rings (SSSR count). The smallest absolute Gasteiger partial charge is 0.518 e. The summed E-state index contributed by atoms with van der Waals surface area (Å²) in [5, 5.41) is 0. The molecule has 0 saturated carbocycles. The first-order chi connectivity index (χ1) is 2.41. The summed E-state index contributed by atoms with van der Waals surface area (Å²) >= 11 is 0. The minimum absolute atomic E-state index is 0. The van der Waals surface area contributed by atoms with Crippen LogP contribution in [-0.4, -0.2) is 0 Å². The van der Waals surface area contributed by atoms with Gasteiger partial charge in [0.15, 0.2) is 0 Å². The quantitative estimate of drug-likeness (QED) is 0.296. The molecule has 1 heteroatoms. The van der Waals surface area contributed by atoms with Gasteiger partial charge in [0.1, 0.15) is 0 Å². The zero-order chi connectivity index (χ0) is 4.12. The zero-order valence-electron chi connectivity index (χ0n) is 4.57. The molecule has 6 heavy (non-hydrogen) atoms. The predicted octanol–water partition coefficient (Wildman–Crippen LogP) is -1.22. The summed E-state index contributed by atoms with van der Waals surface area (Å²) in [7, 11) is 0. The molecular formula is C5H9Na. The van der Waals surface area contributed by atoms with Gasteiger partial charge in [0, 0.05) is 0 Å². The zero-order valence-corrected chi connectivity index (χ0v) is 6.57. The van der Waals surface area contributed by atoms with E-state index in [2.05, 4.69) is 6.92 Å². The Morgan fingerprint density at radius 3 is 2.17 bits per heavy atom. The van der Waals surface area contributed by atoms with Crippen molar-refractivity contribution in [2.45, 2.75) is 19.8 Å². The van der Waals surface area contributed by atoms with E-state index in [1.807, 2.05) is 0 Å². The van der Waals surface area contributed by atoms with Gasteiger partial charge in [-0.05, 0) is 0 Å². The number of rotatable bonds is 2. The van der Waals surface area contributed by atoms with E-state index in [1.165, 1.54) is 0 Å². The van der Waals surface area contributed by atoms with Gasteiger partial charge in [0.2, 0.25) is 0 Å². The van der Waals surface area contributed by atoms with Gasteiger partial charge in [-0.2, -0.15) is 0 Å². The normalized spacial score (nSPS) is 6.17. The van der Waals surface area contributed by atoms with Crippen molar-refractivity contribution >= 4 is 0 Å². The molecule has 0 unspecified atom stereocenters. The SMILES string of the molecule is [CH-]=CCCC.[Na+]. The van der Waals surface area contributed by atoms with Gasteiger partial charge in [-0.25, -0.2) is 0 Å². The molecule has 0 bridgehead atoms. The van der Waals surface area contributed by atoms with Gasteiger partial charge in [0.05, 0.1) is 0 Å². The van der Waals surface area contributed by atoms with Crippen LogP contribution in [0.4, 0.5) is 0 Å². The Kier molecular flexibility index (Phi) is 15.2. The first kappa shape index (κ1) is 9.88. The number of unbranched alkanes of at least 4 members (excludes halogenated alkanes) is 1. The van der Waals surface area contributed by atoms with Gasteiger partial charge in [0.25, 0.3) is 0 Å². The van der Waals surface area contributed by atoms with E-state index >= 15 is 0 Å². The van der Waals surface area contributed by atoms with E-state index in [9.17, 15) is 0 Å². The topological polar surface area (TPSA) is 0 Å². The molecule has 0 radical (unpaired) electrons. The summed E-state index contributed by atoms with van der Waals surface area (Å²) < 4.78 is 0. The van der Waals surface area contributed by atoms with E-state index in [0.29, 0.717) is 0 Å². The molecule has 0 nitrogen and oxygen atoms in total. The third kappa shape index (κ3) is 8.83. The third-order valence-corrected chi connectivity index (χ3v) is 0.455. The average Bonchev–Trinajstić information content (AvgIpc) is 1.41. The van der Waals surface area contributed by atoms with Gasteiger partial charge >= 0.3 is 29.6 Å². The van der Waals surface area contributed by atoms with Crippen molar-refractivity contribution in [3.05, 3.63) is 12.7 Å². The Balaban J connectivity index is 0. The molecule has 0 amide bonds. The average molecular weight is 92.1 g/mol. The van der Waals surface area contributed by atoms with Gasteiger partial charge < -0.3 is 6.58 Å². The Morgan fingerprint density at radius 2 is 2.17 bits per heavy atom. The van der Waals surface area contributed by atoms with Crippen LogP contribution in [0.1, 0.15) is 19.8 Å². The largest absolute Gasteiger partial charge is 1.00 e. The summed E-state index contributed by atoms with van der Waals surface area (Å²) in [5.74, 6) is 0. The maximum Gasteiger partial charge on any atom is 1.00 e. The van der Waals surface area contributed by atoms with E-state index in [-0.39, 0.29) is 29.6 Å². The van der Waals surface area contributed by atoms with Crippen molar-refractivity contribution in [1.29, 1.82) is 0 Å². The van der Waals surface area contributed by atoms with Gasteiger partial charge in [-0.15, -0.1) is 0 Å². The van der Waals surface area contributed by atoms with Crippen molar-refractivity contribution in [3.8, 4) is 0 Å². The Morgan fingerprint density at radius 1 is 1.67 bits per heavy atom. The van der Waals surface area contributed by atoms with Crippen LogP contribution in [0.25, 0.3) is 0 Å². The summed E-state index contributed by atoms with van der Waals surface area (Å²) in [4.78, 5) is 0. The fraction of sp³-hybridized carbons (Fsp3) is 0.600. The number of hydrogen-bond donors (Lipinski definition) is 0. The summed E-state index contributed by atoms with van der Waals surface area (Å²) in [6, 6.07) is 0. The molecule has 0 aromatic rings. The van der Waals surface area contributed by atoms with Crippen molar-refractivity contribution in [2.24, 2.45) is 0 Å². The minimum atomic E-state index is 0. The molecule has 0 aliphatic heterocycles. The first-order valence-electron chi connectivity index (χ1n) is 1.95. The van der Waals surface area contributed by atoms with Crippen molar-refractivity contribution < 1.29 is 29.6 Å². The number of hydrogen-bond acceptors (Lipinski definition) is 0. The van der Waals surface area contributed by atoms with Crippen LogP contribution in [0.15, 0.2) is 6.08 Å². The van der Waals surface area contributed by atoms with Crippen molar-refractivity contribution in [2.75, 3.05) is 0 Å². The molecular weight excluding hydrogens is 83.0 g/mol. The summed E-state index contributed by atoms with van der Waals surface area (Å²) in [6.45, 7) is 7.11. The van der Waals surface area contributed by atoms with Crippen LogP contribution in [0.3, 0.4) is 0 Å². The molecule has 0 spiro atoms. The standard InChI is InChI=1S/C5H9.Na/c1-3-5-4-2;/h1,3H,4-5H2,2H3;/q-1;+1. The van der Waals surface area contributed by atoms with Gasteiger partial charge in [-0.3, -0.25) is 6.08 Å². The summed E-state index contributed by atoms with van der Waals surface area (Å²) in [5.41, 5.74) is 0. The van der Waals surface area contributed by atoms with E-state index in [0.717, 1.165) is 12.8 Å². The Hall–Kier alpha value is 0.740. The van der Waals surface area contributed by atoms with Crippen LogP contribution in [0.2, 0.25) is 0 Å². The second kappa shape index (κ2) is 9.22. The van der Waals surface area contributed by atoms with Crippen molar-refractivity contribution in [1.82, 2.24) is 0 Å². The molecule has 0 aliphatic carbocycles. The Bertz CT molecular complexity index is 25.1. The molecule has 0 aromatic carbocycles. The van der Waals surface area contributed by atoms with Crippen LogP contribution in [0, 0.1) is 6.58 Å². The fourth-order valence-electron chi connectivity index (χ4n) is 0.167. The number of allylic oxidation sites excluding steroid dienone is 1. The van der Waals surface area contributed by atoms with Crippen LogP contribution < -0.4 is 29.6 Å². The third-order valence-electron chi connectivity index (χ3n) is 0.455. The monoisotopic (exact) mass is 92.1 g/mol. The van der Waals surface area contributed by atoms with Gasteiger partial charge in [-0.1, -0.05) is 19.8 Å². The maximum absolute atomic E-state index is 5.01. The molecule has 0 fully saturated rings. The molecule has 30 valence electrons. The van der Waals surface area contributed by atoms with Crippen molar-refractivity contribution in [3.63, 3.8) is 0 Å². The molecule has 0 atom stereocenters. The molecule has 0 N–H and O–H groups in total. The van der Waals surface area contributed by atoms with Crippen LogP contribution in [0.5, 0.6) is 0 Å². The minimum Gasteiger partial charge on any atom is -0.518 e. The van der Waals surface area contributed by atoms with E-state index in [4.69, 9.17) is 6.58 Å².